The zero-order chi connectivity index (χ0) is 29.2. The first-order valence-electron chi connectivity index (χ1n) is 15.3. The maximum absolute atomic E-state index is 13.3. The predicted molar refractivity (Wildman–Crippen MR) is 158 cm³/mol. The van der Waals surface area contributed by atoms with Crippen LogP contribution in [-0.4, -0.2) is 77.5 Å². The number of nitrogens with zero attached hydrogens (tertiary/aromatic N) is 9. The molecular weight excluding hydrogens is 549 g/mol. The molecule has 2 aromatic heterocycles. The first kappa shape index (κ1) is 27.6. The van der Waals surface area contributed by atoms with Crippen LogP contribution in [0.2, 0.25) is 0 Å². The summed E-state index contributed by atoms with van der Waals surface area (Å²) in [7, 11) is 0. The number of amides is 2. The van der Waals surface area contributed by atoms with E-state index in [1.54, 1.807) is 12.1 Å². The third-order valence-corrected chi connectivity index (χ3v) is 8.46. The molecule has 3 aliphatic rings. The molecule has 0 spiro atoms. The highest BCUT2D eigenvalue weighted by Crippen LogP contribution is 2.39. The number of anilines is 1. The molecule has 1 atom stereocenters. The Bertz CT molecular complexity index is 1490. The third-order valence-electron chi connectivity index (χ3n) is 8.46. The van der Waals surface area contributed by atoms with E-state index in [4.69, 9.17) is 0 Å². The lowest BCUT2D eigenvalue weighted by atomic mass is 9.91. The number of urea groups is 1. The molecule has 4 aromatic rings. The van der Waals surface area contributed by atoms with E-state index < -0.39 is 0 Å². The average Bonchev–Trinajstić information content (AvgIpc) is 3.94. The van der Waals surface area contributed by atoms with Gasteiger partial charge in [0.25, 0.3) is 0 Å². The summed E-state index contributed by atoms with van der Waals surface area (Å²) in [6.45, 7) is 3.59. The van der Waals surface area contributed by atoms with E-state index in [2.05, 4.69) is 46.6 Å². The van der Waals surface area contributed by atoms with Crippen LogP contribution in [0.25, 0.3) is 22.8 Å². The van der Waals surface area contributed by atoms with Crippen molar-refractivity contribution in [3.8, 4) is 22.8 Å². The predicted octanol–water partition coefficient (Wildman–Crippen LogP) is 4.27. The number of halogens is 1. The highest BCUT2D eigenvalue weighted by Gasteiger charge is 2.30. The summed E-state index contributed by atoms with van der Waals surface area (Å²) in [6, 6.07) is 13.0. The van der Waals surface area contributed by atoms with Crippen LogP contribution in [0.4, 0.5) is 14.9 Å². The van der Waals surface area contributed by atoms with Crippen molar-refractivity contribution in [2.45, 2.75) is 63.5 Å². The average molecular weight is 586 g/mol. The van der Waals surface area contributed by atoms with Crippen LogP contribution in [0.1, 0.15) is 62.6 Å². The minimum atomic E-state index is -0.264. The van der Waals surface area contributed by atoms with Gasteiger partial charge in [-0.3, -0.25) is 0 Å². The summed E-state index contributed by atoms with van der Waals surface area (Å²) in [5.74, 6) is 1.71. The van der Waals surface area contributed by atoms with Crippen molar-refractivity contribution in [1.82, 2.24) is 50.6 Å². The number of hydrogen-bond donors (Lipinski definition) is 2. The normalized spacial score (nSPS) is 19.0. The second-order valence-corrected chi connectivity index (χ2v) is 12.0. The molecule has 7 rings (SSSR count). The Morgan fingerprint density at radius 1 is 0.884 bits per heavy atom. The molecule has 1 saturated heterocycles. The molecule has 0 bridgehead atoms. The van der Waals surface area contributed by atoms with Gasteiger partial charge in [-0.15, -0.1) is 10.2 Å². The standard InChI is InChI=1S/C30H36FN11O/c31-24-6-4-20(5-7-24)15-21-3-1-13-40(19-21)14-2-12-32-30(43)33-25-17-22(28-34-36-38-41(28)26-8-9-26)16-23(18-25)29-35-37-39-42(29)27-10-11-27/h4-7,16-18,21,26-27H,1-3,8-15,19H2,(H2,32,33,43). The molecule has 12 nitrogen and oxygen atoms in total. The van der Waals surface area contributed by atoms with Gasteiger partial charge in [0.05, 0.1) is 12.1 Å². The van der Waals surface area contributed by atoms with E-state index in [1.807, 2.05) is 39.7 Å². The molecule has 13 heteroatoms. The SMILES string of the molecule is O=C(NCCCN1CCCC(Cc2ccc(F)cc2)C1)Nc1cc(-c2nnnn2C2CC2)cc(-c2nnnn2C2CC2)c1. The zero-order valence-corrected chi connectivity index (χ0v) is 24.1. The fraction of sp³-hybridized carbons (Fsp3) is 0.500. The number of benzene rings is 2. The van der Waals surface area contributed by atoms with Gasteiger partial charge in [-0.05, 0) is 127 Å². The molecule has 0 radical (unpaired) electrons. The molecule has 2 N–H and O–H groups in total. The Balaban J connectivity index is 0.966. The van der Waals surface area contributed by atoms with Crippen LogP contribution in [0.3, 0.4) is 0 Å². The van der Waals surface area contributed by atoms with Crippen molar-refractivity contribution in [2.75, 3.05) is 31.5 Å². The molecule has 224 valence electrons. The Kier molecular flexibility index (Phi) is 7.79. The van der Waals surface area contributed by atoms with Crippen molar-refractivity contribution in [3.05, 3.63) is 53.8 Å². The number of likely N-dealkylation sites (tertiary alicyclic amines) is 1. The van der Waals surface area contributed by atoms with Crippen molar-refractivity contribution in [3.63, 3.8) is 0 Å². The number of nitrogens with one attached hydrogen (secondary N) is 2. The molecule has 3 fully saturated rings. The first-order valence-corrected chi connectivity index (χ1v) is 15.3. The van der Waals surface area contributed by atoms with Crippen LogP contribution in [0, 0.1) is 11.7 Å². The number of rotatable bonds is 11. The van der Waals surface area contributed by atoms with E-state index in [-0.39, 0.29) is 11.8 Å². The van der Waals surface area contributed by atoms with E-state index in [9.17, 15) is 9.18 Å². The molecule has 2 aliphatic carbocycles. The highest BCUT2D eigenvalue weighted by molar-refractivity contribution is 5.91. The highest BCUT2D eigenvalue weighted by atomic mass is 19.1. The number of aromatic nitrogens is 8. The lowest BCUT2D eigenvalue weighted by Crippen LogP contribution is -2.38. The summed E-state index contributed by atoms with van der Waals surface area (Å²) >= 11 is 0. The van der Waals surface area contributed by atoms with Gasteiger partial charge < -0.3 is 15.5 Å². The van der Waals surface area contributed by atoms with Gasteiger partial charge >= 0.3 is 6.03 Å². The van der Waals surface area contributed by atoms with E-state index in [1.165, 1.54) is 12.0 Å². The van der Waals surface area contributed by atoms with Gasteiger partial charge in [-0.25, -0.2) is 18.5 Å². The first-order chi connectivity index (χ1) is 21.1. The number of piperidine rings is 1. The van der Waals surface area contributed by atoms with Gasteiger partial charge in [-0.2, -0.15) is 0 Å². The van der Waals surface area contributed by atoms with Crippen molar-refractivity contribution >= 4 is 11.7 Å². The molecule has 2 amide bonds. The summed E-state index contributed by atoms with van der Waals surface area (Å²) in [6.07, 6.45) is 8.39. The number of carbonyl (C=O) groups is 1. The van der Waals surface area contributed by atoms with Gasteiger partial charge in [0.15, 0.2) is 11.6 Å². The summed E-state index contributed by atoms with van der Waals surface area (Å²) in [4.78, 5) is 15.4. The Labute approximate surface area is 249 Å². The lowest BCUT2D eigenvalue weighted by molar-refractivity contribution is 0.172. The Morgan fingerprint density at radius 3 is 2.16 bits per heavy atom. The fourth-order valence-corrected chi connectivity index (χ4v) is 6.01. The molecule has 1 aliphatic heterocycles. The number of hydrogen-bond acceptors (Lipinski definition) is 8. The second kappa shape index (κ2) is 12.2. The summed E-state index contributed by atoms with van der Waals surface area (Å²) < 4.78 is 17.0. The summed E-state index contributed by atoms with van der Waals surface area (Å²) in [5.41, 5.74) is 3.41. The van der Waals surface area contributed by atoms with E-state index >= 15 is 0 Å². The molecule has 1 unspecified atom stereocenters. The van der Waals surface area contributed by atoms with E-state index in [0.717, 1.165) is 75.7 Å². The summed E-state index contributed by atoms with van der Waals surface area (Å²) in [5, 5.41) is 30.8. The molecule has 2 aromatic carbocycles. The zero-order valence-electron chi connectivity index (χ0n) is 24.1. The van der Waals surface area contributed by atoms with Crippen LogP contribution in [-0.2, 0) is 6.42 Å². The largest absolute Gasteiger partial charge is 0.338 e. The number of tetrazole rings is 2. The maximum Gasteiger partial charge on any atom is 0.319 e. The Morgan fingerprint density at radius 2 is 1.53 bits per heavy atom. The van der Waals surface area contributed by atoms with Gasteiger partial charge in [-0.1, -0.05) is 12.1 Å². The van der Waals surface area contributed by atoms with Crippen LogP contribution >= 0.6 is 0 Å². The second-order valence-electron chi connectivity index (χ2n) is 12.0. The fourth-order valence-electron chi connectivity index (χ4n) is 6.01. The minimum absolute atomic E-state index is 0.190. The van der Waals surface area contributed by atoms with Crippen LogP contribution in [0.15, 0.2) is 42.5 Å². The van der Waals surface area contributed by atoms with Crippen molar-refractivity contribution in [2.24, 2.45) is 5.92 Å². The Hall–Kier alpha value is -4.26. The van der Waals surface area contributed by atoms with Crippen LogP contribution in [0.5, 0.6) is 0 Å². The monoisotopic (exact) mass is 585 g/mol. The van der Waals surface area contributed by atoms with Gasteiger partial charge in [0.2, 0.25) is 0 Å². The van der Waals surface area contributed by atoms with Crippen molar-refractivity contribution < 1.29 is 9.18 Å². The molecule has 3 heterocycles. The maximum atomic E-state index is 13.3. The van der Waals surface area contributed by atoms with E-state index in [0.29, 0.717) is 41.9 Å². The quantitative estimate of drug-likeness (QED) is 0.250. The smallest absolute Gasteiger partial charge is 0.319 e. The molecule has 2 saturated carbocycles. The number of carbonyl (C=O) groups excluding carboxylic acids is 1. The van der Waals surface area contributed by atoms with Crippen LogP contribution < -0.4 is 10.6 Å². The minimum Gasteiger partial charge on any atom is -0.338 e. The molecular formula is C30H36FN11O. The lowest BCUT2D eigenvalue weighted by Gasteiger charge is -2.32. The van der Waals surface area contributed by atoms with Gasteiger partial charge in [0, 0.05) is 29.9 Å². The molecule has 43 heavy (non-hydrogen) atoms. The van der Waals surface area contributed by atoms with Crippen molar-refractivity contribution in [1.29, 1.82) is 0 Å². The topological polar surface area (TPSA) is 132 Å². The van der Waals surface area contributed by atoms with Gasteiger partial charge in [0.1, 0.15) is 5.82 Å². The third kappa shape index (κ3) is 6.71.